The summed E-state index contributed by atoms with van der Waals surface area (Å²) in [5.41, 5.74) is 1.67. The summed E-state index contributed by atoms with van der Waals surface area (Å²) in [6, 6.07) is 11.4. The molecule has 0 unspecified atom stereocenters. The van der Waals surface area contributed by atoms with E-state index in [-0.39, 0.29) is 10.8 Å². The second kappa shape index (κ2) is 7.40. The number of aromatic nitrogens is 2. The number of halogens is 2. The highest BCUT2D eigenvalue weighted by molar-refractivity contribution is 7.80. The van der Waals surface area contributed by atoms with Crippen LogP contribution in [0.15, 0.2) is 54.9 Å². The van der Waals surface area contributed by atoms with Crippen molar-refractivity contribution in [2.45, 2.75) is 13.5 Å². The summed E-state index contributed by atoms with van der Waals surface area (Å²) < 4.78 is 29.3. The maximum Gasteiger partial charge on any atom is 0.171 e. The summed E-state index contributed by atoms with van der Waals surface area (Å²) in [4.78, 5) is 4.23. The molecular weight excluding hydrogens is 342 g/mol. The number of rotatable bonds is 4. The Morgan fingerprint density at radius 1 is 1.12 bits per heavy atom. The van der Waals surface area contributed by atoms with Gasteiger partial charge in [-0.25, -0.2) is 13.8 Å². The molecule has 128 valence electrons. The van der Waals surface area contributed by atoms with Gasteiger partial charge in [0, 0.05) is 18.9 Å². The molecule has 1 heterocycles. The third kappa shape index (κ3) is 3.83. The minimum absolute atomic E-state index is 0.140. The van der Waals surface area contributed by atoms with Crippen LogP contribution in [0.1, 0.15) is 11.4 Å². The van der Waals surface area contributed by atoms with Crippen molar-refractivity contribution in [1.82, 2.24) is 14.9 Å². The second-order valence-electron chi connectivity index (χ2n) is 5.38. The van der Waals surface area contributed by atoms with Gasteiger partial charge in [0.05, 0.1) is 5.69 Å². The van der Waals surface area contributed by atoms with Gasteiger partial charge in [-0.15, -0.1) is 0 Å². The van der Waals surface area contributed by atoms with Crippen molar-refractivity contribution in [2.75, 3.05) is 5.32 Å². The van der Waals surface area contributed by atoms with Crippen molar-refractivity contribution in [3.63, 3.8) is 0 Å². The van der Waals surface area contributed by atoms with Crippen molar-refractivity contribution >= 4 is 23.0 Å². The molecule has 0 bridgehead atoms. The number of hydrogen-bond donors (Lipinski definition) is 2. The third-order valence-electron chi connectivity index (χ3n) is 3.72. The van der Waals surface area contributed by atoms with Crippen molar-refractivity contribution in [2.24, 2.45) is 0 Å². The number of aryl methyl sites for hydroxylation is 1. The zero-order chi connectivity index (χ0) is 17.8. The maximum absolute atomic E-state index is 13.7. The van der Waals surface area contributed by atoms with E-state index in [4.69, 9.17) is 12.2 Å². The fourth-order valence-corrected chi connectivity index (χ4v) is 2.65. The Labute approximate surface area is 149 Å². The maximum atomic E-state index is 13.7. The van der Waals surface area contributed by atoms with Crippen molar-refractivity contribution < 1.29 is 8.78 Å². The van der Waals surface area contributed by atoms with E-state index in [9.17, 15) is 8.78 Å². The van der Waals surface area contributed by atoms with Crippen LogP contribution in [0.5, 0.6) is 0 Å². The zero-order valence-electron chi connectivity index (χ0n) is 13.5. The van der Waals surface area contributed by atoms with Crippen LogP contribution in [0.4, 0.5) is 14.5 Å². The molecule has 2 aromatic carbocycles. The first-order chi connectivity index (χ1) is 12.1. The molecule has 0 aliphatic rings. The van der Waals surface area contributed by atoms with Crippen LogP contribution in [0.3, 0.4) is 0 Å². The first-order valence-corrected chi connectivity index (χ1v) is 8.04. The Morgan fingerprint density at radius 3 is 2.52 bits per heavy atom. The van der Waals surface area contributed by atoms with Crippen LogP contribution in [-0.4, -0.2) is 14.7 Å². The molecule has 0 spiro atoms. The molecule has 0 saturated carbocycles. The Bertz CT molecular complexity index is 887. The van der Waals surface area contributed by atoms with E-state index in [0.29, 0.717) is 6.54 Å². The van der Waals surface area contributed by atoms with Crippen molar-refractivity contribution in [3.05, 3.63) is 77.9 Å². The standard InChI is InChI=1S/C18H16F2N4S/c1-12-21-9-10-24(12)16-8-3-2-5-13(16)11-22-18(25)23-17-14(19)6-4-7-15(17)20/h2-10H,11H2,1H3,(H2,22,23,25). The molecule has 1 aromatic heterocycles. The molecule has 3 aromatic rings. The van der Waals surface area contributed by atoms with Crippen molar-refractivity contribution in [1.29, 1.82) is 0 Å². The molecule has 0 radical (unpaired) electrons. The number of anilines is 1. The molecule has 25 heavy (non-hydrogen) atoms. The molecule has 0 fully saturated rings. The van der Waals surface area contributed by atoms with Gasteiger partial charge < -0.3 is 15.2 Å². The number of nitrogens with zero attached hydrogens (tertiary/aromatic N) is 2. The lowest BCUT2D eigenvalue weighted by Crippen LogP contribution is -2.29. The minimum Gasteiger partial charge on any atom is -0.358 e. The van der Waals surface area contributed by atoms with E-state index >= 15 is 0 Å². The van der Waals surface area contributed by atoms with Crippen LogP contribution in [0.2, 0.25) is 0 Å². The van der Waals surface area contributed by atoms with Gasteiger partial charge >= 0.3 is 0 Å². The monoisotopic (exact) mass is 358 g/mol. The largest absolute Gasteiger partial charge is 0.358 e. The third-order valence-corrected chi connectivity index (χ3v) is 3.96. The Balaban J connectivity index is 1.72. The normalized spacial score (nSPS) is 10.5. The molecule has 7 heteroatoms. The van der Waals surface area contributed by atoms with Crippen LogP contribution < -0.4 is 10.6 Å². The highest BCUT2D eigenvalue weighted by atomic mass is 32.1. The van der Waals surface area contributed by atoms with Gasteiger partial charge in [0.2, 0.25) is 0 Å². The van der Waals surface area contributed by atoms with Gasteiger partial charge in [0.15, 0.2) is 5.11 Å². The Morgan fingerprint density at radius 2 is 1.84 bits per heavy atom. The smallest absolute Gasteiger partial charge is 0.171 e. The van der Waals surface area contributed by atoms with E-state index < -0.39 is 11.6 Å². The molecule has 0 aliphatic carbocycles. The van der Waals surface area contributed by atoms with Crippen LogP contribution >= 0.6 is 12.2 Å². The summed E-state index contributed by atoms with van der Waals surface area (Å²) >= 11 is 5.15. The van der Waals surface area contributed by atoms with Crippen LogP contribution in [0, 0.1) is 18.6 Å². The predicted molar refractivity (Wildman–Crippen MR) is 97.7 cm³/mol. The first-order valence-electron chi connectivity index (χ1n) is 7.63. The number of nitrogens with one attached hydrogen (secondary N) is 2. The lowest BCUT2D eigenvalue weighted by atomic mass is 10.1. The van der Waals surface area contributed by atoms with Crippen molar-refractivity contribution in [3.8, 4) is 5.69 Å². The van der Waals surface area contributed by atoms with Gasteiger partial charge in [0.1, 0.15) is 23.1 Å². The summed E-state index contributed by atoms with van der Waals surface area (Å²) in [5, 5.41) is 5.68. The lowest BCUT2D eigenvalue weighted by molar-refractivity contribution is 0.591. The van der Waals surface area contributed by atoms with E-state index in [1.54, 1.807) is 6.20 Å². The fraction of sp³-hybridized carbons (Fsp3) is 0.111. The summed E-state index contributed by atoms with van der Waals surface area (Å²) in [6.45, 7) is 2.31. The van der Waals surface area contributed by atoms with E-state index in [1.807, 2.05) is 42.0 Å². The second-order valence-corrected chi connectivity index (χ2v) is 5.79. The fourth-order valence-electron chi connectivity index (χ4n) is 2.48. The van der Waals surface area contributed by atoms with E-state index in [2.05, 4.69) is 15.6 Å². The first kappa shape index (κ1) is 17.0. The molecule has 0 saturated heterocycles. The molecule has 3 rings (SSSR count). The number of para-hydroxylation sites is 2. The highest BCUT2D eigenvalue weighted by Crippen LogP contribution is 2.18. The Hall–Kier alpha value is -2.80. The summed E-state index contributed by atoms with van der Waals surface area (Å²) in [5.74, 6) is -0.529. The molecule has 0 amide bonds. The number of benzene rings is 2. The average molecular weight is 358 g/mol. The Kier molecular flexibility index (Phi) is 5.04. The van der Waals surface area contributed by atoms with Gasteiger partial charge in [0.25, 0.3) is 0 Å². The molecular formula is C18H16F2N4S. The van der Waals surface area contributed by atoms with Gasteiger partial charge in [-0.2, -0.15) is 0 Å². The predicted octanol–water partition coefficient (Wildman–Crippen LogP) is 3.95. The topological polar surface area (TPSA) is 41.9 Å². The van der Waals surface area contributed by atoms with Crippen LogP contribution in [0.25, 0.3) is 5.69 Å². The molecule has 4 nitrogen and oxygen atoms in total. The molecule has 0 atom stereocenters. The lowest BCUT2D eigenvalue weighted by Gasteiger charge is -2.15. The highest BCUT2D eigenvalue weighted by Gasteiger charge is 2.11. The van der Waals surface area contributed by atoms with Gasteiger partial charge in [-0.3, -0.25) is 0 Å². The average Bonchev–Trinajstić information content (AvgIpc) is 3.02. The quantitative estimate of drug-likeness (QED) is 0.693. The van der Waals surface area contributed by atoms with E-state index in [1.165, 1.54) is 18.2 Å². The zero-order valence-corrected chi connectivity index (χ0v) is 14.3. The number of thiocarbonyl (C=S) groups is 1. The number of hydrogen-bond acceptors (Lipinski definition) is 2. The minimum atomic E-state index is -0.696. The summed E-state index contributed by atoms with van der Waals surface area (Å²) in [7, 11) is 0. The summed E-state index contributed by atoms with van der Waals surface area (Å²) in [6.07, 6.45) is 3.60. The van der Waals surface area contributed by atoms with Gasteiger partial charge in [-0.1, -0.05) is 24.3 Å². The SMILES string of the molecule is Cc1nccn1-c1ccccc1CNC(=S)Nc1c(F)cccc1F. The van der Waals surface area contributed by atoms with Crippen LogP contribution in [-0.2, 0) is 6.54 Å². The van der Waals surface area contributed by atoms with Gasteiger partial charge in [-0.05, 0) is 42.9 Å². The molecule has 2 N–H and O–H groups in total. The number of imidazole rings is 1. The molecule has 0 aliphatic heterocycles. The van der Waals surface area contributed by atoms with E-state index in [0.717, 1.165) is 17.1 Å².